The highest BCUT2D eigenvalue weighted by atomic mass is 16.5. The van der Waals surface area contributed by atoms with E-state index >= 15 is 0 Å². The average molecular weight is 413 g/mol. The molecule has 0 bridgehead atoms. The van der Waals surface area contributed by atoms with E-state index in [9.17, 15) is 14.4 Å². The summed E-state index contributed by atoms with van der Waals surface area (Å²) in [6, 6.07) is 6.82. The molecule has 0 radical (unpaired) electrons. The number of esters is 1. The molecule has 2 aromatic rings. The predicted octanol–water partition coefficient (Wildman–Crippen LogP) is 4.65. The molecular weight excluding hydrogens is 380 g/mol. The van der Waals surface area contributed by atoms with Crippen LogP contribution in [0.15, 0.2) is 29.1 Å². The number of carbonyl (C=O) groups excluding carboxylic acids is 2. The van der Waals surface area contributed by atoms with E-state index in [-0.39, 0.29) is 11.1 Å². The van der Waals surface area contributed by atoms with Gasteiger partial charge in [-0.3, -0.25) is 14.4 Å². The summed E-state index contributed by atoms with van der Waals surface area (Å²) < 4.78 is 6.96. The Morgan fingerprint density at radius 3 is 2.47 bits per heavy atom. The highest BCUT2D eigenvalue weighted by molar-refractivity contribution is 6.04. The summed E-state index contributed by atoms with van der Waals surface area (Å²) >= 11 is 0. The summed E-state index contributed by atoms with van der Waals surface area (Å²) in [5, 5.41) is 2.82. The number of nitrogens with zero attached hydrogens (tertiary/aromatic N) is 1. The van der Waals surface area contributed by atoms with E-state index in [1.807, 2.05) is 6.92 Å². The summed E-state index contributed by atoms with van der Waals surface area (Å²) in [6.45, 7) is 9.91. The molecule has 2 rings (SSSR count). The van der Waals surface area contributed by atoms with Crippen LogP contribution in [-0.4, -0.2) is 16.4 Å². The van der Waals surface area contributed by atoms with Crippen LogP contribution in [0.5, 0.6) is 5.75 Å². The Morgan fingerprint density at radius 1 is 1.13 bits per heavy atom. The smallest absolute Gasteiger partial charge is 0.308 e. The Morgan fingerprint density at radius 2 is 1.87 bits per heavy atom. The third-order valence-corrected chi connectivity index (χ3v) is 5.12. The van der Waals surface area contributed by atoms with Gasteiger partial charge in [-0.1, -0.05) is 39.7 Å². The van der Waals surface area contributed by atoms with E-state index in [4.69, 9.17) is 4.74 Å². The molecule has 0 aliphatic heterocycles. The fourth-order valence-electron chi connectivity index (χ4n) is 3.52. The second-order valence-electron chi connectivity index (χ2n) is 7.42. The van der Waals surface area contributed by atoms with Gasteiger partial charge in [0.05, 0.1) is 0 Å². The van der Waals surface area contributed by atoms with Gasteiger partial charge in [0.15, 0.2) is 0 Å². The van der Waals surface area contributed by atoms with Crippen LogP contribution < -0.4 is 15.6 Å². The summed E-state index contributed by atoms with van der Waals surface area (Å²) in [7, 11) is 0. The molecule has 6 nitrogen and oxygen atoms in total. The normalized spacial score (nSPS) is 10.7. The van der Waals surface area contributed by atoms with Crippen molar-refractivity contribution in [3.63, 3.8) is 0 Å². The van der Waals surface area contributed by atoms with Gasteiger partial charge in [0.25, 0.3) is 11.5 Å². The van der Waals surface area contributed by atoms with Crippen LogP contribution in [0.1, 0.15) is 74.1 Å². The maximum atomic E-state index is 13.2. The van der Waals surface area contributed by atoms with Crippen LogP contribution in [0.25, 0.3) is 0 Å². The largest absolute Gasteiger partial charge is 0.426 e. The zero-order valence-corrected chi connectivity index (χ0v) is 18.6. The second kappa shape index (κ2) is 10.8. The topological polar surface area (TPSA) is 77.4 Å². The number of hydrogen-bond acceptors (Lipinski definition) is 4. The molecule has 162 valence electrons. The van der Waals surface area contributed by atoms with Gasteiger partial charge in [-0.05, 0) is 49.9 Å². The Balaban J connectivity index is 2.47. The molecule has 1 amide bonds. The van der Waals surface area contributed by atoms with Crippen molar-refractivity contribution in [3.05, 3.63) is 57.0 Å². The molecule has 1 aromatic carbocycles. The minimum Gasteiger partial charge on any atom is -0.426 e. The molecule has 1 heterocycles. The summed E-state index contributed by atoms with van der Waals surface area (Å²) in [5.41, 5.74) is 3.08. The van der Waals surface area contributed by atoms with Crippen molar-refractivity contribution in [2.24, 2.45) is 0 Å². The van der Waals surface area contributed by atoms with Gasteiger partial charge in [0, 0.05) is 30.4 Å². The number of aryl methyl sites for hydroxylation is 1. The van der Waals surface area contributed by atoms with Gasteiger partial charge < -0.3 is 14.6 Å². The Kier molecular flexibility index (Phi) is 8.39. The monoisotopic (exact) mass is 412 g/mol. The molecule has 0 atom stereocenters. The highest BCUT2D eigenvalue weighted by Gasteiger charge is 2.19. The van der Waals surface area contributed by atoms with Crippen LogP contribution in [-0.2, 0) is 24.2 Å². The number of pyridine rings is 1. The third kappa shape index (κ3) is 5.38. The molecule has 0 saturated heterocycles. The summed E-state index contributed by atoms with van der Waals surface area (Å²) in [6.07, 6.45) is 4.36. The summed E-state index contributed by atoms with van der Waals surface area (Å²) in [4.78, 5) is 37.5. The SMILES string of the molecule is CCCCn1c(CCC)c(CC)cc(C(=O)Nc2cccc(OC(C)=O)c2C)c1=O. The number of anilines is 1. The number of aromatic nitrogens is 1. The quantitative estimate of drug-likeness (QED) is 0.480. The number of benzene rings is 1. The molecule has 0 saturated carbocycles. The van der Waals surface area contributed by atoms with Gasteiger partial charge >= 0.3 is 5.97 Å². The minimum absolute atomic E-state index is 0.139. The van der Waals surface area contributed by atoms with Crippen molar-refractivity contribution < 1.29 is 14.3 Å². The number of unbranched alkanes of at least 4 members (excludes halogenated alkanes) is 1. The van der Waals surface area contributed by atoms with E-state index in [0.717, 1.165) is 43.4 Å². The van der Waals surface area contributed by atoms with Crippen molar-refractivity contribution in [1.82, 2.24) is 4.57 Å². The van der Waals surface area contributed by atoms with Crippen molar-refractivity contribution >= 4 is 17.6 Å². The Bertz CT molecular complexity index is 976. The molecule has 0 spiro atoms. The number of ether oxygens (including phenoxy) is 1. The van der Waals surface area contributed by atoms with E-state index in [2.05, 4.69) is 19.2 Å². The molecule has 0 fully saturated rings. The first kappa shape index (κ1) is 23.4. The van der Waals surface area contributed by atoms with Crippen LogP contribution >= 0.6 is 0 Å². The predicted molar refractivity (Wildman–Crippen MR) is 119 cm³/mol. The number of rotatable bonds is 9. The zero-order chi connectivity index (χ0) is 22.3. The van der Waals surface area contributed by atoms with Crippen LogP contribution in [0.4, 0.5) is 5.69 Å². The lowest BCUT2D eigenvalue weighted by atomic mass is 10.0. The van der Waals surface area contributed by atoms with Crippen LogP contribution in [0, 0.1) is 6.92 Å². The van der Waals surface area contributed by atoms with Crippen LogP contribution in [0.2, 0.25) is 0 Å². The molecule has 6 heteroatoms. The van der Waals surface area contributed by atoms with E-state index in [0.29, 0.717) is 23.5 Å². The molecule has 1 aromatic heterocycles. The van der Waals surface area contributed by atoms with Gasteiger partial charge in [0.1, 0.15) is 11.3 Å². The average Bonchev–Trinajstić information content (AvgIpc) is 2.70. The minimum atomic E-state index is -0.453. The second-order valence-corrected chi connectivity index (χ2v) is 7.42. The lowest BCUT2D eigenvalue weighted by Gasteiger charge is -2.18. The molecular formula is C24H32N2O4. The van der Waals surface area contributed by atoms with Gasteiger partial charge in [-0.25, -0.2) is 0 Å². The number of hydrogen-bond donors (Lipinski definition) is 1. The van der Waals surface area contributed by atoms with Gasteiger partial charge in [0.2, 0.25) is 0 Å². The third-order valence-electron chi connectivity index (χ3n) is 5.12. The maximum absolute atomic E-state index is 13.2. The lowest BCUT2D eigenvalue weighted by Crippen LogP contribution is -2.32. The lowest BCUT2D eigenvalue weighted by molar-refractivity contribution is -0.131. The summed E-state index contributed by atoms with van der Waals surface area (Å²) in [5.74, 6) is -0.501. The molecule has 1 N–H and O–H groups in total. The molecule has 0 unspecified atom stereocenters. The first-order valence-electron chi connectivity index (χ1n) is 10.7. The number of carbonyl (C=O) groups is 2. The van der Waals surface area contributed by atoms with E-state index in [1.54, 1.807) is 35.8 Å². The maximum Gasteiger partial charge on any atom is 0.308 e. The molecule has 0 aliphatic carbocycles. The molecule has 0 aliphatic rings. The van der Waals surface area contributed by atoms with E-state index < -0.39 is 11.9 Å². The van der Waals surface area contributed by atoms with Crippen molar-refractivity contribution in [2.75, 3.05) is 5.32 Å². The number of nitrogens with one attached hydrogen (secondary N) is 1. The first-order chi connectivity index (χ1) is 14.3. The van der Waals surface area contributed by atoms with Crippen molar-refractivity contribution in [1.29, 1.82) is 0 Å². The number of amides is 1. The van der Waals surface area contributed by atoms with E-state index in [1.165, 1.54) is 6.92 Å². The van der Waals surface area contributed by atoms with Crippen LogP contribution in [0.3, 0.4) is 0 Å². The Labute approximate surface area is 178 Å². The van der Waals surface area contributed by atoms with Gasteiger partial charge in [-0.15, -0.1) is 0 Å². The zero-order valence-electron chi connectivity index (χ0n) is 18.6. The van der Waals surface area contributed by atoms with Crippen molar-refractivity contribution in [3.8, 4) is 5.75 Å². The first-order valence-corrected chi connectivity index (χ1v) is 10.7. The van der Waals surface area contributed by atoms with Crippen molar-refractivity contribution in [2.45, 2.75) is 73.3 Å². The fourth-order valence-corrected chi connectivity index (χ4v) is 3.52. The highest BCUT2D eigenvalue weighted by Crippen LogP contribution is 2.26. The Hall–Kier alpha value is -2.89. The van der Waals surface area contributed by atoms with Gasteiger partial charge in [-0.2, -0.15) is 0 Å². The molecule has 30 heavy (non-hydrogen) atoms. The fraction of sp³-hybridized carbons (Fsp3) is 0.458. The standard InChI is InChI=1S/C24H32N2O4/c1-6-9-14-26-21(11-7-2)18(8-3)15-19(24(26)29)23(28)25-20-12-10-13-22(16(20)4)30-17(5)27/h10,12-13,15H,6-9,11,14H2,1-5H3,(H,25,28).